The zero-order valence-electron chi connectivity index (χ0n) is 13.6. The van der Waals surface area contributed by atoms with Gasteiger partial charge in [0, 0.05) is 25.2 Å². The van der Waals surface area contributed by atoms with E-state index in [1.54, 1.807) is 16.1 Å². The van der Waals surface area contributed by atoms with Crippen LogP contribution in [0.4, 0.5) is 9.59 Å². The number of rotatable bonds is 3. The lowest BCUT2D eigenvalue weighted by atomic mass is 10.2. The van der Waals surface area contributed by atoms with E-state index in [0.717, 1.165) is 5.56 Å². The van der Waals surface area contributed by atoms with Crippen LogP contribution in [-0.4, -0.2) is 59.2 Å². The second-order valence-electron chi connectivity index (χ2n) is 6.04. The Morgan fingerprint density at radius 1 is 1.28 bits per heavy atom. The number of urea groups is 1. The number of carbonyl (C=O) groups is 2. The topological polar surface area (TPSA) is 87.9 Å². The van der Waals surface area contributed by atoms with Crippen LogP contribution in [-0.2, 0) is 11.3 Å². The third kappa shape index (κ3) is 3.15. The van der Waals surface area contributed by atoms with Crippen molar-refractivity contribution in [3.05, 3.63) is 42.3 Å². The zero-order valence-corrected chi connectivity index (χ0v) is 13.6. The Labute approximate surface area is 144 Å². The van der Waals surface area contributed by atoms with Gasteiger partial charge in [0.2, 0.25) is 5.89 Å². The smallest absolute Gasteiger partial charge is 0.410 e. The fraction of sp³-hybridized carbons (Fsp3) is 0.353. The number of amides is 3. The summed E-state index contributed by atoms with van der Waals surface area (Å²) in [5.74, 6) is 0.528. The van der Waals surface area contributed by atoms with Gasteiger partial charge in [0.1, 0.15) is 12.9 Å². The van der Waals surface area contributed by atoms with E-state index in [4.69, 9.17) is 9.15 Å². The standard InChI is InChI=1S/C17H18N4O4/c22-16(20-6-7-21-14(9-20)11-25-17(21)23)18-8-13-10-24-15(19-13)12-4-2-1-3-5-12/h1-5,10,14H,6-9,11H2,(H,18,22). The second-order valence-corrected chi connectivity index (χ2v) is 6.04. The summed E-state index contributed by atoms with van der Waals surface area (Å²) in [6.07, 6.45) is 1.26. The fourth-order valence-electron chi connectivity index (χ4n) is 3.05. The van der Waals surface area contributed by atoms with Crippen molar-refractivity contribution in [3.63, 3.8) is 0 Å². The first-order valence-corrected chi connectivity index (χ1v) is 8.17. The summed E-state index contributed by atoms with van der Waals surface area (Å²) in [4.78, 5) is 31.6. The minimum atomic E-state index is -0.291. The van der Waals surface area contributed by atoms with E-state index in [1.165, 1.54) is 0 Å². The Morgan fingerprint density at radius 2 is 2.12 bits per heavy atom. The number of oxazole rings is 1. The highest BCUT2D eigenvalue weighted by atomic mass is 16.6. The number of aromatic nitrogens is 1. The summed E-state index contributed by atoms with van der Waals surface area (Å²) in [7, 11) is 0. The van der Waals surface area contributed by atoms with Crippen LogP contribution in [0.15, 0.2) is 41.0 Å². The van der Waals surface area contributed by atoms with Crippen LogP contribution in [0.25, 0.3) is 11.5 Å². The van der Waals surface area contributed by atoms with Crippen molar-refractivity contribution >= 4 is 12.1 Å². The van der Waals surface area contributed by atoms with Crippen LogP contribution in [0.2, 0.25) is 0 Å². The van der Waals surface area contributed by atoms with E-state index in [0.29, 0.717) is 37.8 Å². The van der Waals surface area contributed by atoms with E-state index in [1.807, 2.05) is 30.3 Å². The lowest BCUT2D eigenvalue weighted by molar-refractivity contribution is 0.127. The van der Waals surface area contributed by atoms with Gasteiger partial charge in [0.05, 0.1) is 18.3 Å². The lowest BCUT2D eigenvalue weighted by Crippen LogP contribution is -2.55. The third-order valence-corrected chi connectivity index (χ3v) is 4.40. The predicted octanol–water partition coefficient (Wildman–Crippen LogP) is 1.69. The number of cyclic esters (lactones) is 1. The Kier molecular flexibility index (Phi) is 4.01. The molecule has 1 aromatic heterocycles. The van der Waals surface area contributed by atoms with Crippen LogP contribution in [0.5, 0.6) is 0 Å². The summed E-state index contributed by atoms with van der Waals surface area (Å²) >= 11 is 0. The fourth-order valence-corrected chi connectivity index (χ4v) is 3.05. The minimum Gasteiger partial charge on any atom is -0.447 e. The van der Waals surface area contributed by atoms with Crippen molar-refractivity contribution in [1.29, 1.82) is 0 Å². The first-order valence-electron chi connectivity index (χ1n) is 8.17. The Hall–Kier alpha value is -3.03. The SMILES string of the molecule is O=C(NCc1coc(-c2ccccc2)n1)N1CCN2C(=O)OCC2C1. The first-order chi connectivity index (χ1) is 12.2. The molecule has 4 rings (SSSR count). The summed E-state index contributed by atoms with van der Waals surface area (Å²) in [5.41, 5.74) is 1.55. The van der Waals surface area contributed by atoms with Gasteiger partial charge in [-0.2, -0.15) is 0 Å². The van der Waals surface area contributed by atoms with Crippen LogP contribution in [0, 0.1) is 0 Å². The molecule has 1 atom stereocenters. The van der Waals surface area contributed by atoms with Gasteiger partial charge in [-0.15, -0.1) is 0 Å². The van der Waals surface area contributed by atoms with E-state index < -0.39 is 0 Å². The van der Waals surface area contributed by atoms with Crippen LogP contribution >= 0.6 is 0 Å². The monoisotopic (exact) mass is 342 g/mol. The summed E-state index contributed by atoms with van der Waals surface area (Å²) in [6, 6.07) is 9.36. The highest BCUT2D eigenvalue weighted by Gasteiger charge is 2.38. The molecule has 1 N–H and O–H groups in total. The Balaban J connectivity index is 1.32. The average Bonchev–Trinajstić information content (AvgIpc) is 3.27. The molecule has 0 aliphatic carbocycles. The molecule has 2 aromatic rings. The third-order valence-electron chi connectivity index (χ3n) is 4.40. The molecule has 8 heteroatoms. The van der Waals surface area contributed by atoms with Gasteiger partial charge in [0.15, 0.2) is 0 Å². The highest BCUT2D eigenvalue weighted by Crippen LogP contribution is 2.19. The molecule has 0 bridgehead atoms. The number of nitrogens with zero attached hydrogens (tertiary/aromatic N) is 3. The number of hydrogen-bond donors (Lipinski definition) is 1. The highest BCUT2D eigenvalue weighted by molar-refractivity contribution is 5.75. The van der Waals surface area contributed by atoms with E-state index >= 15 is 0 Å². The van der Waals surface area contributed by atoms with Gasteiger partial charge >= 0.3 is 12.1 Å². The molecule has 2 saturated heterocycles. The zero-order chi connectivity index (χ0) is 17.2. The van der Waals surface area contributed by atoms with Crippen molar-refractivity contribution in [2.24, 2.45) is 0 Å². The molecule has 25 heavy (non-hydrogen) atoms. The molecule has 3 heterocycles. The Morgan fingerprint density at radius 3 is 2.96 bits per heavy atom. The van der Waals surface area contributed by atoms with Crippen LogP contribution < -0.4 is 5.32 Å². The molecule has 8 nitrogen and oxygen atoms in total. The second kappa shape index (κ2) is 6.46. The maximum absolute atomic E-state index is 12.3. The van der Waals surface area contributed by atoms with Crippen molar-refractivity contribution in [3.8, 4) is 11.5 Å². The van der Waals surface area contributed by atoms with E-state index in [-0.39, 0.29) is 24.7 Å². The van der Waals surface area contributed by atoms with Gasteiger partial charge in [0.25, 0.3) is 0 Å². The molecule has 1 aromatic carbocycles. The van der Waals surface area contributed by atoms with E-state index in [9.17, 15) is 9.59 Å². The summed E-state index contributed by atoms with van der Waals surface area (Å²) in [6.45, 7) is 2.10. The maximum Gasteiger partial charge on any atom is 0.410 e. The summed E-state index contributed by atoms with van der Waals surface area (Å²) < 4.78 is 10.5. The normalized spacial score (nSPS) is 19.5. The number of piperazine rings is 1. The minimum absolute atomic E-state index is 0.0521. The molecule has 0 spiro atoms. The number of hydrogen-bond acceptors (Lipinski definition) is 5. The molecule has 2 aliphatic heterocycles. The molecule has 3 amide bonds. The number of fused-ring (bicyclic) bond motifs is 1. The average molecular weight is 342 g/mol. The quantitative estimate of drug-likeness (QED) is 0.917. The Bertz CT molecular complexity index is 776. The number of carbonyl (C=O) groups excluding carboxylic acids is 2. The molecule has 0 saturated carbocycles. The number of ether oxygens (including phenoxy) is 1. The van der Waals surface area contributed by atoms with Gasteiger partial charge in [-0.1, -0.05) is 18.2 Å². The first kappa shape index (κ1) is 15.5. The molecule has 2 aliphatic rings. The van der Waals surface area contributed by atoms with Crippen LogP contribution in [0.3, 0.4) is 0 Å². The van der Waals surface area contributed by atoms with Crippen molar-refractivity contribution < 1.29 is 18.7 Å². The number of benzene rings is 1. The maximum atomic E-state index is 12.3. The molecule has 2 fully saturated rings. The lowest BCUT2D eigenvalue weighted by Gasteiger charge is -2.35. The molecular weight excluding hydrogens is 324 g/mol. The van der Waals surface area contributed by atoms with Gasteiger partial charge < -0.3 is 19.4 Å². The van der Waals surface area contributed by atoms with Gasteiger partial charge in [-0.05, 0) is 12.1 Å². The largest absolute Gasteiger partial charge is 0.447 e. The van der Waals surface area contributed by atoms with E-state index in [2.05, 4.69) is 10.3 Å². The molecule has 130 valence electrons. The molecule has 1 unspecified atom stereocenters. The van der Waals surface area contributed by atoms with Crippen molar-refractivity contribution in [2.75, 3.05) is 26.2 Å². The van der Waals surface area contributed by atoms with Gasteiger partial charge in [-0.3, -0.25) is 4.90 Å². The number of nitrogens with one attached hydrogen (secondary N) is 1. The molecule has 0 radical (unpaired) electrons. The van der Waals surface area contributed by atoms with Crippen molar-refractivity contribution in [1.82, 2.24) is 20.1 Å². The predicted molar refractivity (Wildman–Crippen MR) is 87.6 cm³/mol. The van der Waals surface area contributed by atoms with Gasteiger partial charge in [-0.25, -0.2) is 14.6 Å². The summed E-state index contributed by atoms with van der Waals surface area (Å²) in [5, 5.41) is 2.84. The molecular formula is C17H18N4O4. The van der Waals surface area contributed by atoms with Crippen molar-refractivity contribution in [2.45, 2.75) is 12.6 Å². The van der Waals surface area contributed by atoms with Crippen LogP contribution in [0.1, 0.15) is 5.69 Å².